The molecule has 0 aliphatic heterocycles. The Hall–Kier alpha value is -0.740. The molecule has 1 aromatic heterocycles. The molecule has 0 bridgehead atoms. The summed E-state index contributed by atoms with van der Waals surface area (Å²) in [6.45, 7) is 2.32. The molecule has 1 aromatic carbocycles. The molecule has 2 nitrogen and oxygen atoms in total. The van der Waals surface area contributed by atoms with Gasteiger partial charge < -0.3 is 5.73 Å². The number of fused-ring (bicyclic) bond motifs is 1. The number of benzene rings is 1. The Morgan fingerprint density at radius 3 is 2.84 bits per heavy atom. The molecular formula is C15H20N2S2. The third-order valence-electron chi connectivity index (χ3n) is 4.03. The van der Waals surface area contributed by atoms with Crippen molar-refractivity contribution < 1.29 is 0 Å². The zero-order chi connectivity index (χ0) is 13.2. The maximum atomic E-state index is 5.82. The predicted molar refractivity (Wildman–Crippen MR) is 85.9 cm³/mol. The zero-order valence-corrected chi connectivity index (χ0v) is 12.9. The first-order valence-corrected chi connectivity index (χ1v) is 8.77. The molecule has 0 saturated heterocycles. The molecule has 0 radical (unpaired) electrons. The van der Waals surface area contributed by atoms with Crippen molar-refractivity contribution in [2.75, 3.05) is 5.73 Å². The second-order valence-corrected chi connectivity index (χ2v) is 7.95. The van der Waals surface area contributed by atoms with Crippen molar-refractivity contribution in [2.45, 2.75) is 48.6 Å². The molecule has 1 aliphatic rings. The Morgan fingerprint density at radius 2 is 2.11 bits per heavy atom. The van der Waals surface area contributed by atoms with Gasteiger partial charge in [-0.25, -0.2) is 4.98 Å². The molecule has 3 rings (SSSR count). The van der Waals surface area contributed by atoms with Crippen molar-refractivity contribution in [2.24, 2.45) is 5.92 Å². The SMILES string of the molecule is CCC1CCC(Sc2nc3ccc(N)cc3s2)CC1. The van der Waals surface area contributed by atoms with Gasteiger partial charge in [-0.1, -0.05) is 25.1 Å². The van der Waals surface area contributed by atoms with E-state index in [1.54, 1.807) is 11.3 Å². The molecule has 19 heavy (non-hydrogen) atoms. The largest absolute Gasteiger partial charge is 0.399 e. The van der Waals surface area contributed by atoms with E-state index in [1.165, 1.54) is 41.1 Å². The Bertz CT molecular complexity index is 556. The maximum absolute atomic E-state index is 5.82. The van der Waals surface area contributed by atoms with Gasteiger partial charge in [0.05, 0.1) is 10.2 Å². The van der Waals surface area contributed by atoms with Gasteiger partial charge in [-0.15, -0.1) is 11.3 Å². The van der Waals surface area contributed by atoms with Crippen LogP contribution >= 0.6 is 23.1 Å². The smallest absolute Gasteiger partial charge is 0.151 e. The molecule has 0 amide bonds. The van der Waals surface area contributed by atoms with Gasteiger partial charge in [-0.3, -0.25) is 0 Å². The number of thioether (sulfide) groups is 1. The Kier molecular flexibility index (Phi) is 3.99. The summed E-state index contributed by atoms with van der Waals surface area (Å²) in [5, 5.41) is 0.765. The highest BCUT2D eigenvalue weighted by Crippen LogP contribution is 2.39. The zero-order valence-electron chi connectivity index (χ0n) is 11.3. The van der Waals surface area contributed by atoms with Gasteiger partial charge in [-0.05, 0) is 49.8 Å². The summed E-state index contributed by atoms with van der Waals surface area (Å²) >= 11 is 3.76. The molecule has 2 aromatic rings. The average molecular weight is 292 g/mol. The minimum atomic E-state index is 0.765. The number of nitrogens with zero attached hydrogens (tertiary/aromatic N) is 1. The summed E-state index contributed by atoms with van der Waals surface area (Å²) in [6, 6.07) is 5.99. The molecule has 0 atom stereocenters. The van der Waals surface area contributed by atoms with Gasteiger partial charge >= 0.3 is 0 Å². The van der Waals surface area contributed by atoms with Crippen LogP contribution in [0.2, 0.25) is 0 Å². The van der Waals surface area contributed by atoms with Gasteiger partial charge in [0.1, 0.15) is 0 Å². The van der Waals surface area contributed by atoms with E-state index < -0.39 is 0 Å². The summed E-state index contributed by atoms with van der Waals surface area (Å²) < 4.78 is 2.42. The maximum Gasteiger partial charge on any atom is 0.151 e. The highest BCUT2D eigenvalue weighted by molar-refractivity contribution is 8.01. The number of hydrogen-bond acceptors (Lipinski definition) is 4. The summed E-state index contributed by atoms with van der Waals surface area (Å²) in [5.74, 6) is 0.965. The molecular weight excluding hydrogens is 272 g/mol. The molecule has 2 N–H and O–H groups in total. The van der Waals surface area contributed by atoms with E-state index in [9.17, 15) is 0 Å². The first-order valence-electron chi connectivity index (χ1n) is 7.07. The van der Waals surface area contributed by atoms with Crippen LogP contribution in [0, 0.1) is 5.92 Å². The lowest BCUT2D eigenvalue weighted by Crippen LogP contribution is -2.15. The van der Waals surface area contributed by atoms with Crippen LogP contribution in [0.4, 0.5) is 5.69 Å². The lowest BCUT2D eigenvalue weighted by Gasteiger charge is -2.26. The third kappa shape index (κ3) is 3.06. The minimum Gasteiger partial charge on any atom is -0.399 e. The van der Waals surface area contributed by atoms with E-state index in [1.807, 2.05) is 30.0 Å². The van der Waals surface area contributed by atoms with E-state index >= 15 is 0 Å². The van der Waals surface area contributed by atoms with Crippen LogP contribution in [0.5, 0.6) is 0 Å². The first-order chi connectivity index (χ1) is 9.24. The summed E-state index contributed by atoms with van der Waals surface area (Å²) in [4.78, 5) is 4.71. The molecule has 0 spiro atoms. The van der Waals surface area contributed by atoms with Gasteiger partial charge in [0, 0.05) is 10.9 Å². The lowest BCUT2D eigenvalue weighted by atomic mass is 9.87. The number of nitrogen functional groups attached to an aromatic ring is 1. The number of rotatable bonds is 3. The van der Waals surface area contributed by atoms with Crippen LogP contribution in [0.25, 0.3) is 10.2 Å². The molecule has 1 heterocycles. The van der Waals surface area contributed by atoms with Crippen LogP contribution in [0.3, 0.4) is 0 Å². The van der Waals surface area contributed by atoms with Gasteiger partial charge in [0.2, 0.25) is 0 Å². The van der Waals surface area contributed by atoms with Crippen molar-refractivity contribution in [1.82, 2.24) is 4.98 Å². The Balaban J connectivity index is 1.68. The number of thiazole rings is 1. The summed E-state index contributed by atoms with van der Waals surface area (Å²) in [6.07, 6.45) is 6.83. The molecule has 1 saturated carbocycles. The molecule has 1 fully saturated rings. The number of aromatic nitrogens is 1. The molecule has 0 unspecified atom stereocenters. The van der Waals surface area contributed by atoms with Gasteiger partial charge in [0.15, 0.2) is 4.34 Å². The van der Waals surface area contributed by atoms with Crippen molar-refractivity contribution in [1.29, 1.82) is 0 Å². The Morgan fingerprint density at radius 1 is 1.32 bits per heavy atom. The van der Waals surface area contributed by atoms with Crippen molar-refractivity contribution in [3.63, 3.8) is 0 Å². The van der Waals surface area contributed by atoms with Crippen LogP contribution in [0.1, 0.15) is 39.0 Å². The highest BCUT2D eigenvalue weighted by atomic mass is 32.2. The van der Waals surface area contributed by atoms with E-state index in [0.717, 1.165) is 22.4 Å². The van der Waals surface area contributed by atoms with Crippen molar-refractivity contribution in [3.8, 4) is 0 Å². The summed E-state index contributed by atoms with van der Waals surface area (Å²) in [5.41, 5.74) is 7.74. The fourth-order valence-corrected chi connectivity index (χ4v) is 5.33. The molecule has 4 heteroatoms. The van der Waals surface area contributed by atoms with Gasteiger partial charge in [0.25, 0.3) is 0 Å². The van der Waals surface area contributed by atoms with Crippen LogP contribution in [-0.4, -0.2) is 10.2 Å². The van der Waals surface area contributed by atoms with Crippen LogP contribution < -0.4 is 5.73 Å². The van der Waals surface area contributed by atoms with Crippen molar-refractivity contribution in [3.05, 3.63) is 18.2 Å². The highest BCUT2D eigenvalue weighted by Gasteiger charge is 2.21. The Labute approximate surface area is 122 Å². The first kappa shape index (κ1) is 13.3. The average Bonchev–Trinajstić information content (AvgIpc) is 2.81. The number of anilines is 1. The molecule has 102 valence electrons. The van der Waals surface area contributed by atoms with E-state index in [2.05, 4.69) is 6.92 Å². The number of nitrogens with two attached hydrogens (primary N) is 1. The topological polar surface area (TPSA) is 38.9 Å². The molecule has 1 aliphatic carbocycles. The quantitative estimate of drug-likeness (QED) is 0.814. The predicted octanol–water partition coefficient (Wildman–Crippen LogP) is 4.94. The minimum absolute atomic E-state index is 0.765. The van der Waals surface area contributed by atoms with Crippen LogP contribution in [-0.2, 0) is 0 Å². The van der Waals surface area contributed by atoms with Crippen LogP contribution in [0.15, 0.2) is 22.5 Å². The standard InChI is InChI=1S/C15H20N2S2/c1-2-10-3-6-12(7-4-10)18-15-17-13-8-5-11(16)9-14(13)19-15/h5,8-10,12H,2-4,6-7,16H2,1H3. The van der Waals surface area contributed by atoms with E-state index in [0.29, 0.717) is 0 Å². The summed E-state index contributed by atoms with van der Waals surface area (Å²) in [7, 11) is 0. The van der Waals surface area contributed by atoms with Gasteiger partial charge in [-0.2, -0.15) is 0 Å². The fraction of sp³-hybridized carbons (Fsp3) is 0.533. The second kappa shape index (κ2) is 5.71. The fourth-order valence-electron chi connectivity index (χ4n) is 2.77. The van der Waals surface area contributed by atoms with E-state index in [-0.39, 0.29) is 0 Å². The van der Waals surface area contributed by atoms with Crippen molar-refractivity contribution >= 4 is 39.0 Å². The third-order valence-corrected chi connectivity index (χ3v) is 6.48. The van der Waals surface area contributed by atoms with E-state index in [4.69, 9.17) is 10.7 Å². The lowest BCUT2D eigenvalue weighted by molar-refractivity contribution is 0.356. The normalized spacial score (nSPS) is 23.8. The number of hydrogen-bond donors (Lipinski definition) is 1. The monoisotopic (exact) mass is 292 g/mol. The second-order valence-electron chi connectivity index (χ2n) is 5.38.